The fourth-order valence-electron chi connectivity index (χ4n) is 6.91. The molecule has 0 bridgehead atoms. The quantitative estimate of drug-likeness (QED) is 0.0710. The minimum Gasteiger partial charge on any atom is -0.382 e. The van der Waals surface area contributed by atoms with Gasteiger partial charge in [-0.1, -0.05) is 6.07 Å². The fourth-order valence-corrected chi connectivity index (χ4v) is 6.91. The van der Waals surface area contributed by atoms with Crippen molar-refractivity contribution in [3.8, 4) is 34.8 Å². The minimum atomic E-state index is -0.836. The zero-order valence-corrected chi connectivity index (χ0v) is 32.5. The van der Waals surface area contributed by atoms with Gasteiger partial charge in [-0.2, -0.15) is 30.5 Å². The smallest absolute Gasteiger partial charge is 0.224 e. The van der Waals surface area contributed by atoms with Crippen molar-refractivity contribution in [2.75, 3.05) is 33.2 Å². The van der Waals surface area contributed by atoms with Crippen LogP contribution in [-0.2, 0) is 0 Å². The summed E-state index contributed by atoms with van der Waals surface area (Å²) in [4.78, 5) is 30.8. The third-order valence-corrected chi connectivity index (χ3v) is 9.74. The number of hydrogen-bond acceptors (Lipinski definition) is 15. The molecule has 2 atom stereocenters. The van der Waals surface area contributed by atoms with Gasteiger partial charge in [-0.15, -0.1) is 0 Å². The minimum absolute atomic E-state index is 0.00451. The molecule has 62 heavy (non-hydrogen) atoms. The number of rotatable bonds is 10. The lowest BCUT2D eigenvalue weighted by Crippen LogP contribution is -2.15. The summed E-state index contributed by atoms with van der Waals surface area (Å²) in [6.45, 7) is 3.51. The maximum Gasteiger partial charge on any atom is 0.224 e. The third-order valence-electron chi connectivity index (χ3n) is 9.74. The molecule has 0 aliphatic heterocycles. The van der Waals surface area contributed by atoms with Gasteiger partial charge in [0.05, 0.1) is 40.2 Å². The number of halogens is 4. The van der Waals surface area contributed by atoms with Crippen LogP contribution in [0, 0.1) is 45.9 Å². The first-order valence-corrected chi connectivity index (χ1v) is 18.6. The van der Waals surface area contributed by atoms with Gasteiger partial charge in [0, 0.05) is 45.7 Å². The predicted octanol–water partition coefficient (Wildman–Crippen LogP) is 8.23. The molecule has 8 rings (SSSR count). The molecule has 0 aliphatic rings. The Morgan fingerprint density at radius 1 is 0.548 bits per heavy atom. The highest BCUT2D eigenvalue weighted by molar-refractivity contribution is 5.85. The highest BCUT2D eigenvalue weighted by Crippen LogP contribution is 2.36. The zero-order valence-electron chi connectivity index (χ0n) is 32.5. The van der Waals surface area contributed by atoms with Crippen LogP contribution < -0.4 is 33.2 Å². The predicted molar refractivity (Wildman–Crippen MR) is 226 cm³/mol. The second kappa shape index (κ2) is 16.2. The zero-order chi connectivity index (χ0) is 43.8. The Morgan fingerprint density at radius 2 is 1.08 bits per heavy atom. The summed E-state index contributed by atoms with van der Waals surface area (Å²) in [5.74, 6) is -2.92. The molecule has 9 N–H and O–H groups in total. The molecule has 0 spiro atoms. The van der Waals surface area contributed by atoms with Crippen LogP contribution in [0.15, 0.2) is 84.9 Å². The van der Waals surface area contributed by atoms with E-state index in [1.807, 2.05) is 6.07 Å². The number of aromatic nitrogens is 7. The van der Waals surface area contributed by atoms with Crippen LogP contribution in [0.2, 0.25) is 0 Å². The number of fused-ring (bicyclic) bond motifs is 2. The summed E-state index contributed by atoms with van der Waals surface area (Å²) in [5.41, 5.74) is 20.4. The normalized spacial score (nSPS) is 12.1. The largest absolute Gasteiger partial charge is 0.382 e. The van der Waals surface area contributed by atoms with Crippen molar-refractivity contribution in [3.05, 3.63) is 130 Å². The molecule has 0 fully saturated rings. The van der Waals surface area contributed by atoms with Gasteiger partial charge >= 0.3 is 0 Å². The Kier molecular flexibility index (Phi) is 10.4. The molecular formula is C43H31F4N15. The lowest BCUT2D eigenvalue weighted by molar-refractivity contribution is 0.584. The number of nitrogens with one attached hydrogen (secondary N) is 3. The van der Waals surface area contributed by atoms with E-state index in [0.717, 1.165) is 18.2 Å². The first-order valence-electron chi connectivity index (χ1n) is 18.6. The number of benzene rings is 3. The van der Waals surface area contributed by atoms with Crippen LogP contribution in [0.25, 0.3) is 44.5 Å². The molecule has 15 nitrogen and oxygen atoms in total. The summed E-state index contributed by atoms with van der Waals surface area (Å²) in [7, 11) is 0. The molecular weight excluding hydrogens is 803 g/mol. The number of anilines is 7. The first kappa shape index (κ1) is 40.1. The Morgan fingerprint density at radius 3 is 1.68 bits per heavy atom. The van der Waals surface area contributed by atoms with E-state index < -0.39 is 35.4 Å². The Labute approximate surface area is 349 Å². The highest BCUT2D eigenvalue weighted by Gasteiger charge is 2.23. The van der Waals surface area contributed by atoms with Crippen LogP contribution in [0.5, 0.6) is 0 Å². The Bertz CT molecular complexity index is 3170. The molecule has 19 heteroatoms. The lowest BCUT2D eigenvalue weighted by Gasteiger charge is -2.21. The van der Waals surface area contributed by atoms with Crippen molar-refractivity contribution in [2.24, 2.45) is 0 Å². The van der Waals surface area contributed by atoms with Gasteiger partial charge in [0.1, 0.15) is 58.2 Å². The second-order valence-electron chi connectivity index (χ2n) is 14.0. The summed E-state index contributed by atoms with van der Waals surface area (Å²) in [6, 6.07) is 22.4. The van der Waals surface area contributed by atoms with Crippen molar-refractivity contribution in [2.45, 2.75) is 25.9 Å². The van der Waals surface area contributed by atoms with E-state index in [9.17, 15) is 28.1 Å². The molecule has 1 unspecified atom stereocenters. The Balaban J connectivity index is 1.16. The van der Waals surface area contributed by atoms with E-state index in [2.05, 4.69) is 46.9 Å². The number of nitriles is 2. The molecule has 8 aromatic rings. The average Bonchev–Trinajstić information content (AvgIpc) is 3.22. The molecule has 0 radical (unpaired) electrons. The fraction of sp³-hybridized carbons (Fsp3) is 0.0930. The van der Waals surface area contributed by atoms with E-state index in [0.29, 0.717) is 38.8 Å². The van der Waals surface area contributed by atoms with Gasteiger partial charge in [-0.3, -0.25) is 0 Å². The van der Waals surface area contributed by atoms with Crippen LogP contribution in [0.4, 0.5) is 58.5 Å². The van der Waals surface area contributed by atoms with Gasteiger partial charge in [-0.05, 0) is 74.5 Å². The molecule has 5 aromatic heterocycles. The SMILES string of the molecule is CC(Nc1nc(N)nc(N)c1C#N)c1cc2ccc(F)cc2nc1-c1cccc(Nc2nc(N)nc(N[C@@H](C)c3cc4ccc(F)cc4nc3-c3cc(F)cc(F)c3)c2C#N)n1. The number of nitrogen functional groups attached to an aromatic ring is 3. The molecule has 306 valence electrons. The van der Waals surface area contributed by atoms with Crippen LogP contribution in [0.3, 0.4) is 0 Å². The monoisotopic (exact) mass is 833 g/mol. The first-order chi connectivity index (χ1) is 29.8. The van der Waals surface area contributed by atoms with Crippen molar-refractivity contribution in [3.63, 3.8) is 0 Å². The number of pyridine rings is 3. The number of nitrogens with zero attached hydrogens (tertiary/aromatic N) is 9. The van der Waals surface area contributed by atoms with E-state index in [4.69, 9.17) is 27.2 Å². The van der Waals surface area contributed by atoms with E-state index in [-0.39, 0.29) is 68.9 Å². The number of nitrogens with two attached hydrogens (primary N) is 3. The summed E-state index contributed by atoms with van der Waals surface area (Å²) < 4.78 is 57.6. The van der Waals surface area contributed by atoms with E-state index >= 15 is 0 Å². The summed E-state index contributed by atoms with van der Waals surface area (Å²) in [5, 5.41) is 30.8. The molecule has 3 aromatic carbocycles. The average molecular weight is 834 g/mol. The van der Waals surface area contributed by atoms with Crippen molar-refractivity contribution in [1.82, 2.24) is 34.9 Å². The van der Waals surface area contributed by atoms with Gasteiger partial charge in [0.15, 0.2) is 17.5 Å². The maximum atomic E-state index is 14.5. The van der Waals surface area contributed by atoms with Crippen LogP contribution in [0.1, 0.15) is 48.2 Å². The van der Waals surface area contributed by atoms with Crippen molar-refractivity contribution < 1.29 is 17.6 Å². The highest BCUT2D eigenvalue weighted by atomic mass is 19.1. The van der Waals surface area contributed by atoms with Gasteiger partial charge in [0.2, 0.25) is 11.9 Å². The molecule has 0 aliphatic carbocycles. The molecule has 5 heterocycles. The van der Waals surface area contributed by atoms with Gasteiger partial charge < -0.3 is 33.2 Å². The van der Waals surface area contributed by atoms with Gasteiger partial charge in [-0.25, -0.2) is 32.5 Å². The lowest BCUT2D eigenvalue weighted by atomic mass is 9.98. The summed E-state index contributed by atoms with van der Waals surface area (Å²) >= 11 is 0. The topological polar surface area (TPSA) is 252 Å². The van der Waals surface area contributed by atoms with E-state index in [1.165, 1.54) is 30.3 Å². The van der Waals surface area contributed by atoms with Crippen LogP contribution in [-0.4, -0.2) is 34.9 Å². The second-order valence-corrected chi connectivity index (χ2v) is 14.0. The molecule has 0 amide bonds. The van der Waals surface area contributed by atoms with Crippen molar-refractivity contribution >= 4 is 62.8 Å². The summed E-state index contributed by atoms with van der Waals surface area (Å²) in [6.07, 6.45) is 0. The standard InChI is InChI=1S/C43H31F4N15/c1-19(28-12-21-6-8-24(44)15-33(21)56-36(28)23-10-26(46)14-27(47)11-23)54-40-31(18-49)41(62-43(52)61-40)58-35-5-3-4-32(55-35)37-29(13-22-7-9-25(45)16-34(22)57-37)20(2)53-39-30(17-48)38(50)59-42(51)60-39/h3-16,19-20H,1-2H3,(H5,50,51,53,59,60)(H4,52,54,55,58,61,62)/t19-,20?/m0/s1. The van der Waals surface area contributed by atoms with Crippen LogP contribution >= 0.6 is 0 Å². The molecule has 0 saturated carbocycles. The van der Waals surface area contributed by atoms with E-state index in [1.54, 1.807) is 50.2 Å². The Hall–Kier alpha value is -8.71. The molecule has 0 saturated heterocycles. The maximum absolute atomic E-state index is 14.5. The van der Waals surface area contributed by atoms with Gasteiger partial charge in [0.25, 0.3) is 0 Å². The van der Waals surface area contributed by atoms with Crippen molar-refractivity contribution in [1.29, 1.82) is 10.5 Å². The number of hydrogen-bond donors (Lipinski definition) is 6. The third kappa shape index (κ3) is 8.01.